The molecule has 0 atom stereocenters. The van der Waals surface area contributed by atoms with Gasteiger partial charge in [-0.25, -0.2) is 14.6 Å². The van der Waals surface area contributed by atoms with E-state index in [-0.39, 0.29) is 38.1 Å². The lowest BCUT2D eigenvalue weighted by molar-refractivity contribution is 0.0352. The molecule has 0 spiro atoms. The van der Waals surface area contributed by atoms with Crippen molar-refractivity contribution in [2.24, 2.45) is 0 Å². The van der Waals surface area contributed by atoms with Gasteiger partial charge in [0, 0.05) is 25.5 Å². The Morgan fingerprint density at radius 2 is 1.88 bits per heavy atom. The second-order valence-corrected chi connectivity index (χ2v) is 8.41. The van der Waals surface area contributed by atoms with Gasteiger partial charge in [0.2, 0.25) is 5.75 Å². The van der Waals surface area contributed by atoms with Crippen LogP contribution in [0.4, 0.5) is 4.79 Å². The van der Waals surface area contributed by atoms with Crippen molar-refractivity contribution in [2.75, 3.05) is 32.2 Å². The first-order chi connectivity index (χ1) is 16.3. The largest absolute Gasteiger partial charge is 0.501 e. The van der Waals surface area contributed by atoms with E-state index in [4.69, 9.17) is 21.1 Å². The first kappa shape index (κ1) is 25.5. The van der Waals surface area contributed by atoms with Gasteiger partial charge in [-0.1, -0.05) is 30.3 Å². The van der Waals surface area contributed by atoms with Crippen molar-refractivity contribution in [1.29, 1.82) is 0 Å². The van der Waals surface area contributed by atoms with Crippen LogP contribution in [0.1, 0.15) is 41.6 Å². The second-order valence-electron chi connectivity index (χ2n) is 8.04. The van der Waals surface area contributed by atoms with Gasteiger partial charge in [-0.05, 0) is 25.3 Å². The van der Waals surface area contributed by atoms with Gasteiger partial charge in [0.1, 0.15) is 12.4 Å². The third-order valence-corrected chi connectivity index (χ3v) is 6.08. The maximum atomic E-state index is 12.7. The van der Waals surface area contributed by atoms with Crippen molar-refractivity contribution < 1.29 is 29.3 Å². The molecule has 2 aromatic rings. The minimum atomic E-state index is -1.50. The number of rotatable bonds is 9. The number of alkyl halides is 1. The maximum Gasteiger partial charge on any atom is 0.410 e. The zero-order chi connectivity index (χ0) is 24.7. The molecule has 0 saturated carbocycles. The number of halogens is 1. The third kappa shape index (κ3) is 5.51. The van der Waals surface area contributed by atoms with Crippen molar-refractivity contribution in [3.05, 3.63) is 57.8 Å². The number of aromatic nitrogens is 2. The van der Waals surface area contributed by atoms with Crippen LogP contribution < -0.4 is 5.56 Å². The summed E-state index contributed by atoms with van der Waals surface area (Å²) in [4.78, 5) is 42.7. The second kappa shape index (κ2) is 11.3. The van der Waals surface area contributed by atoms with Gasteiger partial charge < -0.3 is 24.6 Å². The highest BCUT2D eigenvalue weighted by Crippen LogP contribution is 2.36. The number of hydrogen-bond donors (Lipinski definition) is 2. The standard InChI is InChI=1S/C23H28ClN3O7/c1-2-27-19(29)18(28)17(20(30)31)25-21(27)23(15-33-13-10-24)8-11-26(12-9-23)22(32)34-14-16-6-4-3-5-7-16/h3-7,28H,2,8-15H2,1H3,(H,30,31). The summed E-state index contributed by atoms with van der Waals surface area (Å²) in [5, 5.41) is 19.5. The highest BCUT2D eigenvalue weighted by molar-refractivity contribution is 6.17. The van der Waals surface area contributed by atoms with Crippen molar-refractivity contribution in [3.63, 3.8) is 0 Å². The molecule has 3 rings (SSSR count). The summed E-state index contributed by atoms with van der Waals surface area (Å²) in [6.45, 7) is 3.00. The summed E-state index contributed by atoms with van der Waals surface area (Å²) in [5.74, 6) is -1.94. The van der Waals surface area contributed by atoms with Gasteiger partial charge in [0.25, 0.3) is 5.56 Å². The lowest BCUT2D eigenvalue weighted by Gasteiger charge is -2.41. The number of benzene rings is 1. The van der Waals surface area contributed by atoms with E-state index in [0.717, 1.165) is 5.56 Å². The molecule has 1 saturated heterocycles. The molecule has 2 heterocycles. The number of aromatic carboxylic acids is 1. The first-order valence-corrected chi connectivity index (χ1v) is 11.5. The molecule has 1 aliphatic rings. The fraction of sp³-hybridized carbons (Fsp3) is 0.478. The third-order valence-electron chi connectivity index (χ3n) is 5.92. The molecule has 1 aromatic heterocycles. The number of hydrogen-bond acceptors (Lipinski definition) is 7. The smallest absolute Gasteiger partial charge is 0.410 e. The Morgan fingerprint density at radius 1 is 1.21 bits per heavy atom. The fourth-order valence-electron chi connectivity index (χ4n) is 4.07. The molecule has 34 heavy (non-hydrogen) atoms. The summed E-state index contributed by atoms with van der Waals surface area (Å²) in [6, 6.07) is 9.34. The van der Waals surface area contributed by atoms with Crippen molar-refractivity contribution >= 4 is 23.7 Å². The molecular formula is C23H28ClN3O7. The Kier molecular flexibility index (Phi) is 8.51. The van der Waals surface area contributed by atoms with E-state index in [9.17, 15) is 24.6 Å². The molecular weight excluding hydrogens is 466 g/mol. The topological polar surface area (TPSA) is 131 Å². The van der Waals surface area contributed by atoms with Gasteiger partial charge in [0.05, 0.1) is 18.6 Å². The van der Waals surface area contributed by atoms with Gasteiger partial charge >= 0.3 is 12.1 Å². The first-order valence-electron chi connectivity index (χ1n) is 11.0. The Hall–Kier alpha value is -3.11. The minimum Gasteiger partial charge on any atom is -0.501 e. The van der Waals surface area contributed by atoms with E-state index < -0.39 is 34.5 Å². The quantitative estimate of drug-likeness (QED) is 0.402. The van der Waals surface area contributed by atoms with Crippen molar-refractivity contribution in [3.8, 4) is 5.75 Å². The molecule has 1 aliphatic heterocycles. The van der Waals surface area contributed by atoms with Crippen molar-refractivity contribution in [2.45, 2.75) is 38.3 Å². The van der Waals surface area contributed by atoms with Gasteiger partial charge in [-0.15, -0.1) is 11.6 Å². The highest BCUT2D eigenvalue weighted by atomic mass is 35.5. The van der Waals surface area contributed by atoms with E-state index in [2.05, 4.69) is 4.98 Å². The number of carbonyl (C=O) groups excluding carboxylic acids is 1. The average Bonchev–Trinajstić information content (AvgIpc) is 2.85. The van der Waals surface area contributed by atoms with Crippen LogP contribution in [0.5, 0.6) is 5.75 Å². The number of piperidine rings is 1. The van der Waals surface area contributed by atoms with Crippen LogP contribution in [0.2, 0.25) is 0 Å². The molecule has 0 aliphatic carbocycles. The van der Waals surface area contributed by atoms with Gasteiger partial charge in [-0.2, -0.15) is 0 Å². The van der Waals surface area contributed by atoms with Crippen LogP contribution >= 0.6 is 11.6 Å². The van der Waals surface area contributed by atoms with Gasteiger partial charge in [0.15, 0.2) is 5.69 Å². The maximum absolute atomic E-state index is 12.7. The molecule has 1 amide bonds. The van der Waals surface area contributed by atoms with E-state index in [1.807, 2.05) is 30.3 Å². The Balaban J connectivity index is 1.85. The number of nitrogens with zero attached hydrogens (tertiary/aromatic N) is 3. The van der Waals surface area contributed by atoms with E-state index in [1.165, 1.54) is 4.57 Å². The molecule has 11 heteroatoms. The molecule has 0 bridgehead atoms. The Morgan fingerprint density at radius 3 is 2.47 bits per heavy atom. The minimum absolute atomic E-state index is 0.128. The number of carboxylic acid groups (broad SMARTS) is 1. The SMILES string of the molecule is CCn1c(C2(COCCCl)CCN(C(=O)OCc3ccccc3)CC2)nc(C(=O)O)c(O)c1=O. The van der Waals surface area contributed by atoms with E-state index in [1.54, 1.807) is 11.8 Å². The molecule has 2 N–H and O–H groups in total. The van der Waals surface area contributed by atoms with Crippen LogP contribution in [-0.2, 0) is 28.0 Å². The number of amides is 1. The predicted octanol–water partition coefficient (Wildman–Crippen LogP) is 2.59. The highest BCUT2D eigenvalue weighted by Gasteiger charge is 2.42. The van der Waals surface area contributed by atoms with Crippen LogP contribution in [0.15, 0.2) is 35.1 Å². The Bertz CT molecular complexity index is 1070. The average molecular weight is 494 g/mol. The summed E-state index contributed by atoms with van der Waals surface area (Å²) in [7, 11) is 0. The van der Waals surface area contributed by atoms with Crippen LogP contribution in [0, 0.1) is 0 Å². The molecule has 1 aromatic carbocycles. The summed E-state index contributed by atoms with van der Waals surface area (Å²) < 4.78 is 12.4. The molecule has 10 nitrogen and oxygen atoms in total. The zero-order valence-corrected chi connectivity index (χ0v) is 19.7. The lowest BCUT2D eigenvalue weighted by Crippen LogP contribution is -2.50. The number of aromatic hydroxyl groups is 1. The van der Waals surface area contributed by atoms with Crippen molar-refractivity contribution in [1.82, 2.24) is 14.5 Å². The number of likely N-dealkylation sites (tertiary alicyclic amines) is 1. The van der Waals surface area contributed by atoms with Crippen LogP contribution in [0.3, 0.4) is 0 Å². The lowest BCUT2D eigenvalue weighted by atomic mass is 9.77. The number of carbonyl (C=O) groups is 2. The Labute approximate surface area is 201 Å². The summed E-state index contributed by atoms with van der Waals surface area (Å²) in [6.07, 6.45) is 0.245. The van der Waals surface area contributed by atoms with E-state index >= 15 is 0 Å². The zero-order valence-electron chi connectivity index (χ0n) is 18.9. The molecule has 184 valence electrons. The molecule has 0 unspecified atom stereocenters. The normalized spacial score (nSPS) is 15.2. The molecule has 0 radical (unpaired) electrons. The van der Waals surface area contributed by atoms with E-state index in [0.29, 0.717) is 25.9 Å². The summed E-state index contributed by atoms with van der Waals surface area (Å²) in [5.41, 5.74) is -1.51. The molecule has 1 fully saturated rings. The monoisotopic (exact) mass is 493 g/mol. The summed E-state index contributed by atoms with van der Waals surface area (Å²) >= 11 is 5.76. The van der Waals surface area contributed by atoms with Gasteiger partial charge in [-0.3, -0.25) is 9.36 Å². The number of ether oxygens (including phenoxy) is 2. The van der Waals surface area contributed by atoms with Crippen LogP contribution in [-0.4, -0.2) is 68.9 Å². The predicted molar refractivity (Wildman–Crippen MR) is 123 cm³/mol. The van der Waals surface area contributed by atoms with Crippen LogP contribution in [0.25, 0.3) is 0 Å². The fourth-order valence-corrected chi connectivity index (χ4v) is 4.18. The number of carboxylic acids is 1.